The molecule has 0 spiro atoms. The number of benzene rings is 1. The van der Waals surface area contributed by atoms with Gasteiger partial charge in [-0.2, -0.15) is 0 Å². The summed E-state index contributed by atoms with van der Waals surface area (Å²) in [4.78, 5) is 43.5. The van der Waals surface area contributed by atoms with E-state index in [4.69, 9.17) is 14.2 Å². The summed E-state index contributed by atoms with van der Waals surface area (Å²) in [6.07, 6.45) is 1.70. The van der Waals surface area contributed by atoms with E-state index in [1.54, 1.807) is 31.2 Å². The van der Waals surface area contributed by atoms with Gasteiger partial charge in [0.05, 0.1) is 29.5 Å². The molecule has 0 saturated carbocycles. The standard InChI is InChI=1S/C24H22N2O6S2/c1-5-31-16-9-8-15(11-17(16)32-14(3)27)12-19-22(28)26-21(18-7-6-10-33-18)20(23(29)30-4)13(2)25-24(26)34-19/h6-12,21H,5H2,1-4H3/b19-12+/t21-/m0/s1. The van der Waals surface area contributed by atoms with Gasteiger partial charge < -0.3 is 14.2 Å². The average Bonchev–Trinajstić information content (AvgIpc) is 3.43. The molecule has 0 fully saturated rings. The first-order valence-electron chi connectivity index (χ1n) is 10.4. The molecule has 3 aromatic rings. The van der Waals surface area contributed by atoms with Gasteiger partial charge >= 0.3 is 11.9 Å². The quantitative estimate of drug-likeness (QED) is 0.383. The molecule has 0 aliphatic carbocycles. The third-order valence-electron chi connectivity index (χ3n) is 5.06. The first-order valence-corrected chi connectivity index (χ1v) is 12.1. The van der Waals surface area contributed by atoms with Crippen LogP contribution < -0.4 is 24.4 Å². The minimum Gasteiger partial charge on any atom is -0.490 e. The molecule has 0 N–H and O–H groups in total. The molecule has 1 atom stereocenters. The summed E-state index contributed by atoms with van der Waals surface area (Å²) < 4.78 is 17.8. The number of hydrogen-bond donors (Lipinski definition) is 0. The third-order valence-corrected chi connectivity index (χ3v) is 6.97. The largest absolute Gasteiger partial charge is 0.490 e. The van der Waals surface area contributed by atoms with Gasteiger partial charge in [-0.05, 0) is 49.1 Å². The number of methoxy groups -OCH3 is 1. The number of hydrogen-bond acceptors (Lipinski definition) is 9. The van der Waals surface area contributed by atoms with Crippen LogP contribution in [0, 0.1) is 0 Å². The van der Waals surface area contributed by atoms with Crippen molar-refractivity contribution in [3.63, 3.8) is 0 Å². The van der Waals surface area contributed by atoms with Gasteiger partial charge in [-0.25, -0.2) is 9.79 Å². The number of esters is 2. The minimum atomic E-state index is -0.622. The number of aromatic nitrogens is 1. The Hall–Kier alpha value is -3.50. The predicted octanol–water partition coefficient (Wildman–Crippen LogP) is 2.79. The van der Waals surface area contributed by atoms with Crippen molar-refractivity contribution in [2.75, 3.05) is 13.7 Å². The number of thiazole rings is 1. The molecule has 0 bridgehead atoms. The molecular formula is C24H22N2O6S2. The second-order valence-corrected chi connectivity index (χ2v) is 9.31. The van der Waals surface area contributed by atoms with Gasteiger partial charge in [0.25, 0.3) is 5.56 Å². The highest BCUT2D eigenvalue weighted by Crippen LogP contribution is 2.33. The molecule has 2 aromatic heterocycles. The molecule has 1 aromatic carbocycles. The Labute approximate surface area is 203 Å². The van der Waals surface area contributed by atoms with E-state index in [1.807, 2.05) is 24.4 Å². The Morgan fingerprint density at radius 1 is 1.24 bits per heavy atom. The lowest BCUT2D eigenvalue weighted by Crippen LogP contribution is -2.39. The van der Waals surface area contributed by atoms with Crippen molar-refractivity contribution in [3.05, 3.63) is 77.1 Å². The molecule has 34 heavy (non-hydrogen) atoms. The maximum absolute atomic E-state index is 13.5. The summed E-state index contributed by atoms with van der Waals surface area (Å²) in [7, 11) is 1.31. The van der Waals surface area contributed by atoms with E-state index in [-0.39, 0.29) is 11.3 Å². The van der Waals surface area contributed by atoms with Gasteiger partial charge in [0, 0.05) is 11.8 Å². The molecule has 8 nitrogen and oxygen atoms in total. The van der Waals surface area contributed by atoms with E-state index in [1.165, 1.54) is 41.3 Å². The second kappa shape index (κ2) is 9.78. The summed E-state index contributed by atoms with van der Waals surface area (Å²) in [6, 6.07) is 8.24. The smallest absolute Gasteiger partial charge is 0.338 e. The summed E-state index contributed by atoms with van der Waals surface area (Å²) in [5.74, 6) is -0.283. The molecule has 0 radical (unpaired) electrons. The normalized spacial score (nSPS) is 15.5. The molecule has 0 amide bonds. The maximum atomic E-state index is 13.5. The van der Waals surface area contributed by atoms with E-state index in [0.717, 1.165) is 4.88 Å². The number of rotatable bonds is 6. The topological polar surface area (TPSA) is 96.2 Å². The fourth-order valence-corrected chi connectivity index (χ4v) is 5.55. The van der Waals surface area contributed by atoms with Crippen molar-refractivity contribution < 1.29 is 23.8 Å². The fraction of sp³-hybridized carbons (Fsp3) is 0.250. The zero-order valence-corrected chi connectivity index (χ0v) is 20.6. The molecule has 1 aliphatic heterocycles. The van der Waals surface area contributed by atoms with Crippen LogP contribution in [0.2, 0.25) is 0 Å². The minimum absolute atomic E-state index is 0.274. The van der Waals surface area contributed by atoms with Crippen LogP contribution in [0.5, 0.6) is 11.5 Å². The number of nitrogens with zero attached hydrogens (tertiary/aromatic N) is 2. The molecule has 3 heterocycles. The Bertz CT molecular complexity index is 1460. The van der Waals surface area contributed by atoms with E-state index in [2.05, 4.69) is 4.99 Å². The number of carbonyl (C=O) groups is 2. The fourth-order valence-electron chi connectivity index (χ4n) is 3.68. The van der Waals surface area contributed by atoms with Gasteiger partial charge in [-0.15, -0.1) is 11.3 Å². The first-order chi connectivity index (χ1) is 16.3. The highest BCUT2D eigenvalue weighted by atomic mass is 32.1. The van der Waals surface area contributed by atoms with E-state index in [9.17, 15) is 14.4 Å². The molecule has 176 valence electrons. The molecular weight excluding hydrogens is 476 g/mol. The Kier molecular flexibility index (Phi) is 6.80. The van der Waals surface area contributed by atoms with Crippen LogP contribution in [0.4, 0.5) is 0 Å². The number of allylic oxidation sites excluding steroid dienone is 1. The average molecular weight is 499 g/mol. The highest BCUT2D eigenvalue weighted by Gasteiger charge is 2.33. The zero-order chi connectivity index (χ0) is 24.4. The van der Waals surface area contributed by atoms with Crippen molar-refractivity contribution in [2.45, 2.75) is 26.8 Å². The molecule has 1 aliphatic rings. The zero-order valence-electron chi connectivity index (χ0n) is 19.0. The number of thiophene rings is 1. The Morgan fingerprint density at radius 3 is 2.68 bits per heavy atom. The summed E-state index contributed by atoms with van der Waals surface area (Å²) in [5.41, 5.74) is 1.22. The van der Waals surface area contributed by atoms with Gasteiger partial charge in [0.15, 0.2) is 16.3 Å². The van der Waals surface area contributed by atoms with Crippen LogP contribution in [0.15, 0.2) is 56.8 Å². The van der Waals surface area contributed by atoms with Crippen molar-refractivity contribution in [2.24, 2.45) is 4.99 Å². The highest BCUT2D eigenvalue weighted by molar-refractivity contribution is 7.10. The van der Waals surface area contributed by atoms with Crippen LogP contribution in [0.25, 0.3) is 6.08 Å². The SMILES string of the molecule is CCOc1ccc(/C=c2/sc3n(c2=O)[C@@H](c2cccs2)C(C(=O)OC)=C(C)N=3)cc1OC(C)=O. The molecule has 4 rings (SSSR count). The van der Waals surface area contributed by atoms with Crippen LogP contribution in [-0.4, -0.2) is 30.2 Å². The lowest BCUT2D eigenvalue weighted by atomic mass is 10.0. The Morgan fingerprint density at radius 2 is 2.03 bits per heavy atom. The van der Waals surface area contributed by atoms with Crippen molar-refractivity contribution in [3.8, 4) is 11.5 Å². The van der Waals surface area contributed by atoms with Gasteiger partial charge in [-0.1, -0.05) is 23.5 Å². The summed E-state index contributed by atoms with van der Waals surface area (Å²) in [5, 5.41) is 1.89. The van der Waals surface area contributed by atoms with Crippen LogP contribution in [0.3, 0.4) is 0 Å². The van der Waals surface area contributed by atoms with E-state index in [0.29, 0.717) is 38.5 Å². The van der Waals surface area contributed by atoms with Gasteiger partial charge in [0.2, 0.25) is 0 Å². The monoisotopic (exact) mass is 498 g/mol. The second-order valence-electron chi connectivity index (χ2n) is 7.32. The van der Waals surface area contributed by atoms with Gasteiger partial charge in [-0.3, -0.25) is 14.2 Å². The van der Waals surface area contributed by atoms with E-state index < -0.39 is 18.0 Å². The molecule has 0 saturated heterocycles. The molecule has 0 unspecified atom stereocenters. The van der Waals surface area contributed by atoms with Crippen LogP contribution >= 0.6 is 22.7 Å². The maximum Gasteiger partial charge on any atom is 0.338 e. The lowest BCUT2D eigenvalue weighted by Gasteiger charge is -2.22. The number of fused-ring (bicyclic) bond motifs is 1. The van der Waals surface area contributed by atoms with Crippen molar-refractivity contribution in [1.82, 2.24) is 4.57 Å². The van der Waals surface area contributed by atoms with E-state index >= 15 is 0 Å². The molecule has 10 heteroatoms. The summed E-state index contributed by atoms with van der Waals surface area (Å²) in [6.45, 7) is 5.30. The van der Waals surface area contributed by atoms with Crippen LogP contribution in [0.1, 0.15) is 37.3 Å². The number of carbonyl (C=O) groups excluding carboxylic acids is 2. The van der Waals surface area contributed by atoms with Gasteiger partial charge in [0.1, 0.15) is 6.04 Å². The lowest BCUT2D eigenvalue weighted by molar-refractivity contribution is -0.136. The Balaban J connectivity index is 1.88. The first kappa shape index (κ1) is 23.7. The van der Waals surface area contributed by atoms with Crippen LogP contribution in [-0.2, 0) is 14.3 Å². The third kappa shape index (κ3) is 4.46. The summed E-state index contributed by atoms with van der Waals surface area (Å²) >= 11 is 2.68. The van der Waals surface area contributed by atoms with Crippen molar-refractivity contribution in [1.29, 1.82) is 0 Å². The predicted molar refractivity (Wildman–Crippen MR) is 129 cm³/mol. The number of ether oxygens (including phenoxy) is 3. The van der Waals surface area contributed by atoms with Crippen molar-refractivity contribution >= 4 is 40.7 Å².